The topological polar surface area (TPSA) is 61.5 Å². The van der Waals surface area contributed by atoms with Crippen molar-refractivity contribution in [1.82, 2.24) is 0 Å². The molecule has 1 aromatic rings. The average molecular weight is 259 g/mol. The molecule has 0 saturated heterocycles. The monoisotopic (exact) mass is 259 g/mol. The molecule has 0 aliphatic carbocycles. The van der Waals surface area contributed by atoms with Crippen molar-refractivity contribution in [3.8, 4) is 5.75 Å². The van der Waals surface area contributed by atoms with Crippen molar-refractivity contribution in [2.24, 2.45) is 5.73 Å². The van der Waals surface area contributed by atoms with Gasteiger partial charge in [0, 0.05) is 6.54 Å². The summed E-state index contributed by atoms with van der Waals surface area (Å²) < 4.78 is 35.9. The molecule has 0 bridgehead atoms. The molecule has 0 spiro atoms. The van der Waals surface area contributed by atoms with Gasteiger partial charge in [-0.05, 0) is 17.7 Å². The maximum absolute atomic E-state index is 13.2. The Morgan fingerprint density at radius 2 is 1.89 bits per heavy atom. The Balaban J connectivity index is 3.28. The zero-order valence-electron chi connectivity index (χ0n) is 10.2. The summed E-state index contributed by atoms with van der Waals surface area (Å²) >= 11 is 0. The summed E-state index contributed by atoms with van der Waals surface area (Å²) in [6.07, 6.45) is -2.96. The number of alkyl halides is 2. The second kappa shape index (κ2) is 5.77. The second-order valence-corrected chi connectivity index (χ2v) is 3.70. The van der Waals surface area contributed by atoms with E-state index >= 15 is 0 Å². The molecule has 0 aliphatic heterocycles. The molecule has 0 aliphatic rings. The van der Waals surface area contributed by atoms with E-state index in [0.717, 1.165) is 7.11 Å². The van der Waals surface area contributed by atoms with Crippen LogP contribution in [-0.2, 0) is 14.9 Å². The number of nitrogens with two attached hydrogens (primary N) is 1. The molecule has 6 heteroatoms. The van der Waals surface area contributed by atoms with E-state index < -0.39 is 24.4 Å². The van der Waals surface area contributed by atoms with Gasteiger partial charge in [0.1, 0.15) is 5.75 Å². The molecule has 2 N–H and O–H groups in total. The predicted molar refractivity (Wildman–Crippen MR) is 61.7 cm³/mol. The number of ether oxygens (including phenoxy) is 2. The van der Waals surface area contributed by atoms with Crippen LogP contribution in [0.25, 0.3) is 0 Å². The minimum Gasteiger partial charge on any atom is -0.497 e. The molecule has 4 nitrogen and oxygen atoms in total. The second-order valence-electron chi connectivity index (χ2n) is 3.70. The fourth-order valence-corrected chi connectivity index (χ4v) is 1.69. The number of carbonyl (C=O) groups is 1. The highest BCUT2D eigenvalue weighted by Gasteiger charge is 2.49. The molecular formula is C12H15F2NO3. The van der Waals surface area contributed by atoms with Crippen LogP contribution >= 0.6 is 0 Å². The van der Waals surface area contributed by atoms with Gasteiger partial charge in [-0.2, -0.15) is 0 Å². The van der Waals surface area contributed by atoms with Crippen molar-refractivity contribution in [1.29, 1.82) is 0 Å². The molecule has 100 valence electrons. The van der Waals surface area contributed by atoms with Crippen molar-refractivity contribution in [2.75, 3.05) is 20.8 Å². The van der Waals surface area contributed by atoms with Crippen LogP contribution in [0.4, 0.5) is 8.78 Å². The van der Waals surface area contributed by atoms with Gasteiger partial charge in [0.15, 0.2) is 5.41 Å². The molecule has 0 fully saturated rings. The van der Waals surface area contributed by atoms with E-state index in [2.05, 4.69) is 4.74 Å². The smallest absolute Gasteiger partial charge is 0.323 e. The largest absolute Gasteiger partial charge is 0.497 e. The lowest BCUT2D eigenvalue weighted by molar-refractivity contribution is -0.153. The van der Waals surface area contributed by atoms with Crippen LogP contribution in [0.15, 0.2) is 24.3 Å². The average Bonchev–Trinajstić information content (AvgIpc) is 2.40. The zero-order chi connectivity index (χ0) is 13.8. The minimum atomic E-state index is -2.96. The Kier molecular flexibility index (Phi) is 4.61. The minimum absolute atomic E-state index is 0.104. The number of benzene rings is 1. The number of carbonyl (C=O) groups excluding carboxylic acids is 1. The zero-order valence-corrected chi connectivity index (χ0v) is 10.2. The summed E-state index contributed by atoms with van der Waals surface area (Å²) in [5, 5.41) is 0. The van der Waals surface area contributed by atoms with Gasteiger partial charge in [-0.25, -0.2) is 8.78 Å². The van der Waals surface area contributed by atoms with Crippen molar-refractivity contribution in [3.63, 3.8) is 0 Å². The quantitative estimate of drug-likeness (QED) is 0.810. The fraction of sp³-hybridized carbons (Fsp3) is 0.417. The lowest BCUT2D eigenvalue weighted by Crippen LogP contribution is -2.49. The van der Waals surface area contributed by atoms with E-state index in [9.17, 15) is 13.6 Å². The number of esters is 1. The number of hydrogen-bond acceptors (Lipinski definition) is 4. The molecule has 0 amide bonds. The SMILES string of the molecule is COC(=O)C(CN)(c1ccc(OC)cc1)C(F)F. The predicted octanol–water partition coefficient (Wildman–Crippen LogP) is 1.33. The first-order valence-corrected chi connectivity index (χ1v) is 5.24. The highest BCUT2D eigenvalue weighted by molar-refractivity contribution is 5.84. The Labute approximate surface area is 104 Å². The first-order valence-electron chi connectivity index (χ1n) is 5.24. The number of halogens is 2. The third-order valence-electron chi connectivity index (χ3n) is 2.85. The number of hydrogen-bond donors (Lipinski definition) is 1. The van der Waals surface area contributed by atoms with Crippen molar-refractivity contribution in [3.05, 3.63) is 29.8 Å². The number of methoxy groups -OCH3 is 2. The molecule has 1 unspecified atom stereocenters. The number of rotatable bonds is 5. The highest BCUT2D eigenvalue weighted by atomic mass is 19.3. The van der Waals surface area contributed by atoms with Crippen LogP contribution < -0.4 is 10.5 Å². The summed E-state index contributed by atoms with van der Waals surface area (Å²) in [5.74, 6) is -0.547. The lowest BCUT2D eigenvalue weighted by Gasteiger charge is -2.29. The Morgan fingerprint density at radius 3 is 2.22 bits per heavy atom. The van der Waals surface area contributed by atoms with E-state index in [4.69, 9.17) is 10.5 Å². The van der Waals surface area contributed by atoms with Crippen molar-refractivity contribution in [2.45, 2.75) is 11.8 Å². The van der Waals surface area contributed by atoms with Gasteiger partial charge in [-0.3, -0.25) is 4.79 Å². The van der Waals surface area contributed by atoms with Gasteiger partial charge in [-0.1, -0.05) is 12.1 Å². The van der Waals surface area contributed by atoms with E-state index in [1.165, 1.54) is 31.4 Å². The van der Waals surface area contributed by atoms with E-state index in [1.54, 1.807) is 0 Å². The summed E-state index contributed by atoms with van der Waals surface area (Å²) in [5.41, 5.74) is 3.34. The van der Waals surface area contributed by atoms with Crippen LogP contribution in [0, 0.1) is 0 Å². The van der Waals surface area contributed by atoms with Gasteiger partial charge in [-0.15, -0.1) is 0 Å². The van der Waals surface area contributed by atoms with Crippen LogP contribution in [0.1, 0.15) is 5.56 Å². The Hall–Kier alpha value is -1.69. The summed E-state index contributed by atoms with van der Waals surface area (Å²) in [6, 6.07) is 5.75. The summed E-state index contributed by atoms with van der Waals surface area (Å²) in [4.78, 5) is 11.6. The van der Waals surface area contributed by atoms with Crippen LogP contribution in [-0.4, -0.2) is 33.2 Å². The highest BCUT2D eigenvalue weighted by Crippen LogP contribution is 2.32. The summed E-state index contributed by atoms with van der Waals surface area (Å²) in [6.45, 7) is -0.538. The van der Waals surface area contributed by atoms with Crippen LogP contribution in [0.3, 0.4) is 0 Å². The molecule has 1 aromatic carbocycles. The normalized spacial score (nSPS) is 14.1. The fourth-order valence-electron chi connectivity index (χ4n) is 1.69. The van der Waals surface area contributed by atoms with Gasteiger partial charge in [0.05, 0.1) is 14.2 Å². The van der Waals surface area contributed by atoms with Crippen LogP contribution in [0.2, 0.25) is 0 Å². The Bertz CT molecular complexity index is 408. The molecule has 0 aromatic heterocycles. The van der Waals surface area contributed by atoms with Gasteiger partial charge < -0.3 is 15.2 Å². The lowest BCUT2D eigenvalue weighted by atomic mass is 9.80. The molecule has 1 rings (SSSR count). The molecule has 1 atom stereocenters. The molecular weight excluding hydrogens is 244 g/mol. The van der Waals surface area contributed by atoms with Crippen molar-refractivity contribution >= 4 is 5.97 Å². The van der Waals surface area contributed by atoms with Gasteiger partial charge in [0.25, 0.3) is 6.43 Å². The van der Waals surface area contributed by atoms with E-state index in [0.29, 0.717) is 5.75 Å². The van der Waals surface area contributed by atoms with E-state index in [1.807, 2.05) is 0 Å². The standard InChI is InChI=1S/C12H15F2NO3/c1-17-9-5-3-8(4-6-9)12(7-15,10(13)14)11(16)18-2/h3-6,10H,7,15H2,1-2H3. The van der Waals surface area contributed by atoms with Gasteiger partial charge >= 0.3 is 5.97 Å². The third-order valence-corrected chi connectivity index (χ3v) is 2.85. The Morgan fingerprint density at radius 1 is 1.33 bits per heavy atom. The molecule has 18 heavy (non-hydrogen) atoms. The molecule has 0 heterocycles. The van der Waals surface area contributed by atoms with Crippen molar-refractivity contribution < 1.29 is 23.0 Å². The maximum Gasteiger partial charge on any atom is 0.323 e. The molecule has 0 radical (unpaired) electrons. The third kappa shape index (κ3) is 2.28. The maximum atomic E-state index is 13.2. The summed E-state index contributed by atoms with van der Waals surface area (Å²) in [7, 11) is 2.51. The first kappa shape index (κ1) is 14.4. The van der Waals surface area contributed by atoms with Gasteiger partial charge in [0.2, 0.25) is 0 Å². The van der Waals surface area contributed by atoms with Crippen LogP contribution in [0.5, 0.6) is 5.75 Å². The molecule has 0 saturated carbocycles. The van der Waals surface area contributed by atoms with E-state index in [-0.39, 0.29) is 5.56 Å². The first-order chi connectivity index (χ1) is 8.52.